The topological polar surface area (TPSA) is 87.4 Å². The number of hydrogen-bond donors (Lipinski definition) is 2. The van der Waals surface area contributed by atoms with Crippen LogP contribution >= 0.6 is 11.9 Å². The fourth-order valence-corrected chi connectivity index (χ4v) is 5.88. The van der Waals surface area contributed by atoms with Gasteiger partial charge in [0.15, 0.2) is 11.6 Å². The van der Waals surface area contributed by atoms with Crippen molar-refractivity contribution in [2.24, 2.45) is 0 Å². The monoisotopic (exact) mass is 518 g/mol. The smallest absolute Gasteiger partial charge is 0.273 e. The Morgan fingerprint density at radius 3 is 2.38 bits per heavy atom. The Balaban J connectivity index is 1.41. The highest BCUT2D eigenvalue weighted by Gasteiger charge is 2.27. The van der Waals surface area contributed by atoms with E-state index in [9.17, 15) is 13.6 Å². The van der Waals surface area contributed by atoms with Crippen LogP contribution in [0.2, 0.25) is 0 Å². The summed E-state index contributed by atoms with van der Waals surface area (Å²) in [6, 6.07) is 15.6. The van der Waals surface area contributed by atoms with Crippen molar-refractivity contribution < 1.29 is 13.6 Å². The average molecular weight is 519 g/mol. The highest BCUT2D eigenvalue weighted by Crippen LogP contribution is 2.37. The van der Waals surface area contributed by atoms with Crippen LogP contribution in [0.15, 0.2) is 59.5 Å². The zero-order valence-corrected chi connectivity index (χ0v) is 20.7. The number of benzene rings is 3. The number of nitrogens with one attached hydrogen (secondary N) is 1. The zero-order valence-electron chi connectivity index (χ0n) is 19.9. The largest absolute Gasteiger partial charge is 0.368 e. The Hall–Kier alpha value is -3.60. The second-order valence-electron chi connectivity index (χ2n) is 9.13. The van der Waals surface area contributed by atoms with Gasteiger partial charge in [0.2, 0.25) is 5.95 Å². The Kier molecular flexibility index (Phi) is 6.23. The van der Waals surface area contributed by atoms with E-state index in [1.54, 1.807) is 23.1 Å². The van der Waals surface area contributed by atoms with Crippen molar-refractivity contribution in [3.8, 4) is 11.1 Å². The molecule has 4 aromatic rings. The molecule has 0 unspecified atom stereocenters. The lowest BCUT2D eigenvalue weighted by molar-refractivity contribution is 0.0747. The van der Waals surface area contributed by atoms with E-state index in [1.807, 2.05) is 24.3 Å². The summed E-state index contributed by atoms with van der Waals surface area (Å²) in [7, 11) is 0. The van der Waals surface area contributed by atoms with Crippen LogP contribution in [0.1, 0.15) is 21.6 Å². The van der Waals surface area contributed by atoms with Gasteiger partial charge in [-0.15, -0.1) is 0 Å². The molecule has 0 spiro atoms. The fourth-order valence-electron chi connectivity index (χ4n) is 4.81. The number of piperazine rings is 1. The van der Waals surface area contributed by atoms with Gasteiger partial charge in [-0.3, -0.25) is 4.79 Å². The van der Waals surface area contributed by atoms with E-state index < -0.39 is 11.6 Å². The summed E-state index contributed by atoms with van der Waals surface area (Å²) in [5, 5.41) is 3.80. The number of anilines is 1. The molecule has 3 N–H and O–H groups in total. The first-order chi connectivity index (χ1) is 18.0. The van der Waals surface area contributed by atoms with E-state index in [0.717, 1.165) is 37.3 Å². The summed E-state index contributed by atoms with van der Waals surface area (Å²) < 4.78 is 30.8. The quantitative estimate of drug-likeness (QED) is 0.391. The Labute approximate surface area is 216 Å². The lowest BCUT2D eigenvalue weighted by Gasteiger charge is -2.26. The molecular formula is C27H24F2N6OS. The summed E-state index contributed by atoms with van der Waals surface area (Å²) in [4.78, 5) is 24.6. The van der Waals surface area contributed by atoms with E-state index >= 15 is 0 Å². The fraction of sp³-hybridized carbons (Fsp3) is 0.222. The third kappa shape index (κ3) is 4.63. The van der Waals surface area contributed by atoms with Crippen LogP contribution in [0.5, 0.6) is 0 Å². The zero-order chi connectivity index (χ0) is 25.5. The molecule has 37 heavy (non-hydrogen) atoms. The van der Waals surface area contributed by atoms with Crippen LogP contribution in [-0.2, 0) is 13.1 Å². The van der Waals surface area contributed by atoms with Gasteiger partial charge in [-0.2, -0.15) is 0 Å². The number of carbonyl (C=O) groups excluding carboxylic acids is 1. The summed E-state index contributed by atoms with van der Waals surface area (Å²) in [6.45, 7) is 4.18. The van der Waals surface area contributed by atoms with Gasteiger partial charge in [-0.05, 0) is 58.5 Å². The van der Waals surface area contributed by atoms with E-state index in [-0.39, 0.29) is 17.5 Å². The summed E-state index contributed by atoms with van der Waals surface area (Å²) in [5.41, 5.74) is 10.0. The van der Waals surface area contributed by atoms with Gasteiger partial charge in [0.05, 0.1) is 5.52 Å². The number of hydrogen-bond acceptors (Lipinski definition) is 7. The summed E-state index contributed by atoms with van der Waals surface area (Å²) in [5.74, 6) is -2.08. The highest BCUT2D eigenvalue weighted by molar-refractivity contribution is 7.97. The molecule has 2 aliphatic rings. The predicted molar refractivity (Wildman–Crippen MR) is 140 cm³/mol. The first-order valence-electron chi connectivity index (χ1n) is 12.0. The molecule has 1 aromatic heterocycles. The molecule has 1 amide bonds. The SMILES string of the molecule is Nc1nc(C(=O)N2Cc3ccccc3C2)c2cc(-c3cc(F)c(F)cc3SN3CCNCC3)ccc2n1. The standard InChI is InChI=1S/C27H24F2N6OS/c28-21-12-19(24(13-22(21)29)37-35-9-7-31-8-10-35)16-5-6-23-20(11-16)25(33-27(30)32-23)26(36)34-14-17-3-1-2-4-18(17)15-34/h1-6,11-13,31H,7-10,14-15H2,(H2,30,32,33). The second-order valence-corrected chi connectivity index (χ2v) is 10.3. The second kappa shape index (κ2) is 9.70. The lowest BCUT2D eigenvalue weighted by Crippen LogP contribution is -2.39. The first-order valence-corrected chi connectivity index (χ1v) is 12.8. The molecule has 2 aliphatic heterocycles. The van der Waals surface area contributed by atoms with Crippen molar-refractivity contribution in [1.82, 2.24) is 24.5 Å². The van der Waals surface area contributed by atoms with Crippen LogP contribution in [0.4, 0.5) is 14.7 Å². The average Bonchev–Trinajstić information content (AvgIpc) is 3.34. The maximum absolute atomic E-state index is 14.4. The Morgan fingerprint density at radius 1 is 0.946 bits per heavy atom. The normalized spacial score (nSPS) is 15.8. The Morgan fingerprint density at radius 2 is 1.65 bits per heavy atom. The van der Waals surface area contributed by atoms with Gasteiger partial charge in [0.25, 0.3) is 5.91 Å². The van der Waals surface area contributed by atoms with Crippen molar-refractivity contribution in [1.29, 1.82) is 0 Å². The third-order valence-corrected chi connectivity index (χ3v) is 7.84. The number of nitrogens with zero attached hydrogens (tertiary/aromatic N) is 4. The van der Waals surface area contributed by atoms with Crippen molar-refractivity contribution >= 4 is 34.7 Å². The maximum Gasteiger partial charge on any atom is 0.273 e. The minimum atomic E-state index is -0.931. The van der Waals surface area contributed by atoms with Crippen LogP contribution in [-0.4, -0.2) is 51.3 Å². The van der Waals surface area contributed by atoms with E-state index in [4.69, 9.17) is 5.73 Å². The molecule has 0 radical (unpaired) electrons. The molecule has 3 heterocycles. The predicted octanol–water partition coefficient (Wildman–Crippen LogP) is 4.23. The molecule has 0 saturated carbocycles. The number of nitrogens with two attached hydrogens (primary N) is 1. The van der Waals surface area contributed by atoms with Crippen molar-refractivity contribution in [3.05, 3.63) is 83.1 Å². The molecule has 7 nitrogen and oxygen atoms in total. The van der Waals surface area contributed by atoms with Crippen LogP contribution in [0.3, 0.4) is 0 Å². The van der Waals surface area contributed by atoms with Gasteiger partial charge < -0.3 is 16.0 Å². The van der Waals surface area contributed by atoms with Crippen molar-refractivity contribution in [2.45, 2.75) is 18.0 Å². The van der Waals surface area contributed by atoms with Crippen LogP contribution in [0.25, 0.3) is 22.0 Å². The lowest BCUT2D eigenvalue weighted by atomic mass is 10.0. The molecule has 0 aliphatic carbocycles. The van der Waals surface area contributed by atoms with Gasteiger partial charge >= 0.3 is 0 Å². The Bertz CT molecular complexity index is 1500. The third-order valence-electron chi connectivity index (χ3n) is 6.68. The van der Waals surface area contributed by atoms with Gasteiger partial charge in [0, 0.05) is 49.6 Å². The van der Waals surface area contributed by atoms with Crippen molar-refractivity contribution in [3.63, 3.8) is 0 Å². The highest BCUT2D eigenvalue weighted by atomic mass is 32.2. The molecule has 0 bridgehead atoms. The molecule has 6 rings (SSSR count). The molecule has 0 atom stereocenters. The number of fused-ring (bicyclic) bond motifs is 2. The first kappa shape index (κ1) is 23.8. The number of rotatable bonds is 4. The van der Waals surface area contributed by atoms with Crippen LogP contribution in [0, 0.1) is 11.6 Å². The van der Waals surface area contributed by atoms with Crippen LogP contribution < -0.4 is 11.1 Å². The van der Waals surface area contributed by atoms with E-state index in [2.05, 4.69) is 19.6 Å². The van der Waals surface area contributed by atoms with Gasteiger partial charge in [-0.25, -0.2) is 23.1 Å². The molecule has 1 fully saturated rings. The molecule has 188 valence electrons. The number of halogens is 2. The number of nitrogen functional groups attached to an aromatic ring is 1. The molecule has 10 heteroatoms. The summed E-state index contributed by atoms with van der Waals surface area (Å²) >= 11 is 1.40. The minimum Gasteiger partial charge on any atom is -0.368 e. The number of aromatic nitrogens is 2. The molecule has 3 aromatic carbocycles. The van der Waals surface area contributed by atoms with Gasteiger partial charge in [-0.1, -0.05) is 30.3 Å². The van der Waals surface area contributed by atoms with Crippen molar-refractivity contribution in [2.75, 3.05) is 31.9 Å². The maximum atomic E-state index is 14.4. The minimum absolute atomic E-state index is 0.00286. The van der Waals surface area contributed by atoms with Gasteiger partial charge in [0.1, 0.15) is 5.69 Å². The molecular weight excluding hydrogens is 494 g/mol. The van der Waals surface area contributed by atoms with E-state index in [0.29, 0.717) is 40.0 Å². The molecule has 1 saturated heterocycles. The summed E-state index contributed by atoms with van der Waals surface area (Å²) in [6.07, 6.45) is 0. The number of carbonyl (C=O) groups is 1. The van der Waals surface area contributed by atoms with E-state index in [1.165, 1.54) is 24.1 Å². The number of amides is 1.